The minimum atomic E-state index is -0.630. The lowest BCUT2D eigenvalue weighted by molar-refractivity contribution is -0.123. The minimum absolute atomic E-state index is 0.0614. The number of carbonyl (C=O) groups is 1. The van der Waals surface area contributed by atoms with Crippen LogP contribution in [0.15, 0.2) is 0 Å². The number of hydrogen-bond acceptors (Lipinski definition) is 3. The molecule has 1 rings (SSSR count). The molecule has 4 N–H and O–H groups in total. The molecular weight excluding hydrogens is 192 g/mol. The lowest BCUT2D eigenvalue weighted by atomic mass is 10.0. The Morgan fingerprint density at radius 1 is 1.67 bits per heavy atom. The first-order valence-corrected chi connectivity index (χ1v) is 5.29. The maximum Gasteiger partial charge on any atom is 0.238 e. The molecule has 84 valence electrons. The fraction of sp³-hybridized carbons (Fsp3) is 0.727. The van der Waals surface area contributed by atoms with Gasteiger partial charge in [-0.3, -0.25) is 4.79 Å². The van der Waals surface area contributed by atoms with Gasteiger partial charge in [-0.15, -0.1) is 12.3 Å². The molecule has 1 aliphatic rings. The summed E-state index contributed by atoms with van der Waals surface area (Å²) in [5, 5.41) is 11.9. The highest BCUT2D eigenvalue weighted by Gasteiger charge is 2.28. The summed E-state index contributed by atoms with van der Waals surface area (Å²) in [6, 6.07) is -0.568. The van der Waals surface area contributed by atoms with Crippen LogP contribution < -0.4 is 11.1 Å². The second-order valence-corrected chi connectivity index (χ2v) is 4.00. The molecule has 1 aliphatic carbocycles. The smallest absolute Gasteiger partial charge is 0.238 e. The number of rotatable bonds is 4. The lowest BCUT2D eigenvalue weighted by Gasteiger charge is -2.20. The molecule has 0 spiro atoms. The average Bonchev–Trinajstić information content (AvgIpc) is 2.65. The van der Waals surface area contributed by atoms with E-state index in [9.17, 15) is 4.79 Å². The maximum absolute atomic E-state index is 11.5. The highest BCUT2D eigenvalue weighted by molar-refractivity contribution is 5.82. The van der Waals surface area contributed by atoms with Gasteiger partial charge in [-0.05, 0) is 12.8 Å². The Balaban J connectivity index is 2.40. The standard InChI is InChI=1S/C11H18N2O2/c1-2-4-9(12)11(15)13-10-6-3-5-8(10)7-14/h1,8-10,14H,3-7,12H2,(H,13,15). The quantitative estimate of drug-likeness (QED) is 0.553. The monoisotopic (exact) mass is 210 g/mol. The molecule has 0 aromatic carbocycles. The fourth-order valence-corrected chi connectivity index (χ4v) is 1.95. The minimum Gasteiger partial charge on any atom is -0.396 e. The topological polar surface area (TPSA) is 75.4 Å². The molecule has 3 unspecified atom stereocenters. The van der Waals surface area contributed by atoms with Crippen LogP contribution in [0.2, 0.25) is 0 Å². The molecule has 4 heteroatoms. The van der Waals surface area contributed by atoms with Crippen molar-refractivity contribution >= 4 is 5.91 Å². The van der Waals surface area contributed by atoms with Crippen molar-refractivity contribution in [2.24, 2.45) is 11.7 Å². The molecule has 1 saturated carbocycles. The number of nitrogens with one attached hydrogen (secondary N) is 1. The van der Waals surface area contributed by atoms with E-state index in [1.807, 2.05) is 0 Å². The third-order valence-corrected chi connectivity index (χ3v) is 2.90. The van der Waals surface area contributed by atoms with Gasteiger partial charge in [0, 0.05) is 25.0 Å². The molecule has 0 bridgehead atoms. The first-order valence-electron chi connectivity index (χ1n) is 5.29. The number of aliphatic hydroxyl groups is 1. The SMILES string of the molecule is C#CCC(N)C(=O)NC1CCCC1CO. The zero-order valence-electron chi connectivity index (χ0n) is 8.78. The van der Waals surface area contributed by atoms with E-state index in [-0.39, 0.29) is 30.9 Å². The molecular formula is C11H18N2O2. The van der Waals surface area contributed by atoms with Crippen LogP contribution in [0.5, 0.6) is 0 Å². The first-order chi connectivity index (χ1) is 7.19. The third kappa shape index (κ3) is 3.22. The van der Waals surface area contributed by atoms with Crippen LogP contribution in [-0.2, 0) is 4.79 Å². The van der Waals surface area contributed by atoms with Crippen molar-refractivity contribution in [2.45, 2.75) is 37.8 Å². The van der Waals surface area contributed by atoms with Crippen molar-refractivity contribution in [2.75, 3.05) is 6.61 Å². The predicted molar refractivity (Wildman–Crippen MR) is 57.8 cm³/mol. The second-order valence-electron chi connectivity index (χ2n) is 4.00. The number of amides is 1. The van der Waals surface area contributed by atoms with Crippen LogP contribution in [-0.4, -0.2) is 29.7 Å². The molecule has 4 nitrogen and oxygen atoms in total. The Kier molecular flexibility index (Phi) is 4.60. The molecule has 0 radical (unpaired) electrons. The Morgan fingerprint density at radius 3 is 3.00 bits per heavy atom. The van der Waals surface area contributed by atoms with Crippen LogP contribution in [0.3, 0.4) is 0 Å². The number of terminal acetylenes is 1. The van der Waals surface area contributed by atoms with Crippen LogP contribution in [0.4, 0.5) is 0 Å². The Morgan fingerprint density at radius 2 is 2.40 bits per heavy atom. The molecule has 0 saturated heterocycles. The molecule has 1 amide bonds. The van der Waals surface area contributed by atoms with Crippen molar-refractivity contribution < 1.29 is 9.90 Å². The predicted octanol–water partition coefficient (Wildman–Crippen LogP) is -0.386. The number of nitrogens with two attached hydrogens (primary N) is 1. The van der Waals surface area contributed by atoms with Gasteiger partial charge in [-0.25, -0.2) is 0 Å². The summed E-state index contributed by atoms with van der Waals surface area (Å²) in [6.07, 6.45) is 8.25. The lowest BCUT2D eigenvalue weighted by Crippen LogP contribution is -2.47. The van der Waals surface area contributed by atoms with Crippen LogP contribution >= 0.6 is 0 Å². The first kappa shape index (κ1) is 12.0. The summed E-state index contributed by atoms with van der Waals surface area (Å²) in [5.74, 6) is 2.33. The van der Waals surface area contributed by atoms with Crippen molar-refractivity contribution in [3.63, 3.8) is 0 Å². The molecule has 0 heterocycles. The molecule has 3 atom stereocenters. The van der Waals surface area contributed by atoms with E-state index in [1.54, 1.807) is 0 Å². The maximum atomic E-state index is 11.5. The van der Waals surface area contributed by atoms with Gasteiger partial charge in [0.2, 0.25) is 5.91 Å². The Labute approximate surface area is 90.2 Å². The van der Waals surface area contributed by atoms with Crippen LogP contribution in [0.25, 0.3) is 0 Å². The van der Waals surface area contributed by atoms with E-state index in [4.69, 9.17) is 17.3 Å². The van der Waals surface area contributed by atoms with Gasteiger partial charge in [0.1, 0.15) is 0 Å². The molecule has 15 heavy (non-hydrogen) atoms. The number of aliphatic hydroxyl groups excluding tert-OH is 1. The van der Waals surface area contributed by atoms with Gasteiger partial charge in [0.25, 0.3) is 0 Å². The third-order valence-electron chi connectivity index (χ3n) is 2.90. The van der Waals surface area contributed by atoms with E-state index in [2.05, 4.69) is 11.2 Å². The van der Waals surface area contributed by atoms with E-state index in [0.717, 1.165) is 19.3 Å². The van der Waals surface area contributed by atoms with E-state index in [1.165, 1.54) is 0 Å². The summed E-state index contributed by atoms with van der Waals surface area (Å²) in [7, 11) is 0. The zero-order valence-corrected chi connectivity index (χ0v) is 8.78. The van der Waals surface area contributed by atoms with Gasteiger partial charge in [0.05, 0.1) is 6.04 Å². The second kappa shape index (κ2) is 5.74. The van der Waals surface area contributed by atoms with E-state index in [0.29, 0.717) is 0 Å². The highest BCUT2D eigenvalue weighted by Crippen LogP contribution is 2.24. The zero-order chi connectivity index (χ0) is 11.3. The van der Waals surface area contributed by atoms with Crippen LogP contribution in [0.1, 0.15) is 25.7 Å². The molecule has 0 aromatic heterocycles. The highest BCUT2D eigenvalue weighted by atomic mass is 16.3. The fourth-order valence-electron chi connectivity index (χ4n) is 1.95. The summed E-state index contributed by atoms with van der Waals surface area (Å²) in [6.45, 7) is 0.120. The molecule has 0 aliphatic heterocycles. The van der Waals surface area contributed by atoms with E-state index >= 15 is 0 Å². The summed E-state index contributed by atoms with van der Waals surface area (Å²) in [4.78, 5) is 11.5. The van der Waals surface area contributed by atoms with Gasteiger partial charge >= 0.3 is 0 Å². The largest absolute Gasteiger partial charge is 0.396 e. The van der Waals surface area contributed by atoms with Gasteiger partial charge in [-0.2, -0.15) is 0 Å². The van der Waals surface area contributed by atoms with Gasteiger partial charge < -0.3 is 16.2 Å². The number of carbonyl (C=O) groups excluding carboxylic acids is 1. The van der Waals surface area contributed by atoms with Gasteiger partial charge in [0.15, 0.2) is 0 Å². The number of hydrogen-bond donors (Lipinski definition) is 3. The van der Waals surface area contributed by atoms with Crippen molar-refractivity contribution in [1.29, 1.82) is 0 Å². The molecule has 0 aromatic rings. The Bertz CT molecular complexity index is 260. The summed E-state index contributed by atoms with van der Waals surface area (Å²) in [5.41, 5.74) is 5.58. The van der Waals surface area contributed by atoms with Crippen molar-refractivity contribution in [3.05, 3.63) is 0 Å². The Hall–Kier alpha value is -1.05. The van der Waals surface area contributed by atoms with Crippen LogP contribution in [0, 0.1) is 18.3 Å². The normalized spacial score (nSPS) is 27.0. The van der Waals surface area contributed by atoms with E-state index < -0.39 is 6.04 Å². The van der Waals surface area contributed by atoms with Crippen molar-refractivity contribution in [3.8, 4) is 12.3 Å². The molecule has 1 fully saturated rings. The summed E-state index contributed by atoms with van der Waals surface area (Å²) >= 11 is 0. The summed E-state index contributed by atoms with van der Waals surface area (Å²) < 4.78 is 0. The van der Waals surface area contributed by atoms with Gasteiger partial charge in [-0.1, -0.05) is 6.42 Å². The average molecular weight is 210 g/mol. The van der Waals surface area contributed by atoms with Crippen molar-refractivity contribution in [1.82, 2.24) is 5.32 Å².